The third-order valence-electron chi connectivity index (χ3n) is 2.96. The van der Waals surface area contributed by atoms with E-state index in [1.165, 1.54) is 6.08 Å². The minimum atomic E-state index is -0.114. The van der Waals surface area contributed by atoms with Crippen molar-refractivity contribution in [2.75, 3.05) is 13.6 Å². The number of thiophene rings is 1. The fourth-order valence-corrected chi connectivity index (χ4v) is 3.29. The highest BCUT2D eigenvalue weighted by molar-refractivity contribution is 9.10. The molecule has 0 radical (unpaired) electrons. The van der Waals surface area contributed by atoms with E-state index in [2.05, 4.69) is 21.2 Å². The summed E-state index contributed by atoms with van der Waals surface area (Å²) in [5, 5.41) is 4.89. The highest BCUT2D eigenvalue weighted by Crippen LogP contribution is 2.20. The molecule has 2 rings (SSSR count). The highest BCUT2D eigenvalue weighted by Gasteiger charge is 2.23. The number of hydrogen-bond acceptors (Lipinski definition) is 3. The van der Waals surface area contributed by atoms with Crippen molar-refractivity contribution in [3.63, 3.8) is 0 Å². The molecule has 0 bridgehead atoms. The number of halogens is 1. The lowest BCUT2D eigenvalue weighted by Gasteiger charge is -2.29. The van der Waals surface area contributed by atoms with E-state index in [0.717, 1.165) is 9.35 Å². The molecule has 1 N–H and O–H groups in total. The minimum absolute atomic E-state index is 0.0509. The molecule has 4 nitrogen and oxygen atoms in total. The molecule has 1 unspecified atom stereocenters. The van der Waals surface area contributed by atoms with E-state index in [9.17, 15) is 9.59 Å². The molecule has 0 aliphatic carbocycles. The normalized spacial score (nSPS) is 20.0. The van der Waals surface area contributed by atoms with Crippen LogP contribution in [-0.2, 0) is 9.59 Å². The van der Waals surface area contributed by atoms with E-state index in [-0.39, 0.29) is 17.9 Å². The first-order valence-electron chi connectivity index (χ1n) is 6.01. The average molecular weight is 343 g/mol. The Bertz CT molecular complexity index is 512. The Hall–Kier alpha value is -1.14. The van der Waals surface area contributed by atoms with Crippen LogP contribution in [0, 0.1) is 0 Å². The van der Waals surface area contributed by atoms with Gasteiger partial charge in [0.15, 0.2) is 0 Å². The second-order valence-electron chi connectivity index (χ2n) is 4.52. The number of likely N-dealkylation sites (N-methyl/N-ethyl adjacent to an activating group) is 1. The Labute approximate surface area is 124 Å². The van der Waals surface area contributed by atoms with Gasteiger partial charge in [0.25, 0.3) is 0 Å². The summed E-state index contributed by atoms with van der Waals surface area (Å²) < 4.78 is 1.02. The zero-order valence-electron chi connectivity index (χ0n) is 10.6. The summed E-state index contributed by atoms with van der Waals surface area (Å²) in [5.41, 5.74) is 0. The molecule has 1 aliphatic heterocycles. The second-order valence-corrected chi connectivity index (χ2v) is 6.38. The van der Waals surface area contributed by atoms with Crippen LogP contribution in [0.5, 0.6) is 0 Å². The Morgan fingerprint density at radius 2 is 2.42 bits per heavy atom. The number of hydrogen-bond donors (Lipinski definition) is 1. The van der Waals surface area contributed by atoms with Crippen LogP contribution in [0.2, 0.25) is 0 Å². The number of nitrogens with zero attached hydrogens (tertiary/aromatic N) is 1. The Morgan fingerprint density at radius 1 is 1.63 bits per heavy atom. The maximum absolute atomic E-state index is 11.8. The molecule has 1 fully saturated rings. The standard InChI is InChI=1S/C13H15BrN2O2S/c1-16-7-10(2-5-13(16)18)15-12(17)4-3-11-6-9(14)8-19-11/h3-4,6,8,10H,2,5,7H2,1H3,(H,15,17)/b4-3+. The van der Waals surface area contributed by atoms with E-state index in [1.807, 2.05) is 11.4 Å². The van der Waals surface area contributed by atoms with Crippen LogP contribution in [0.25, 0.3) is 6.08 Å². The van der Waals surface area contributed by atoms with E-state index in [0.29, 0.717) is 19.4 Å². The van der Waals surface area contributed by atoms with Crippen LogP contribution in [0.15, 0.2) is 22.0 Å². The summed E-state index contributed by atoms with van der Waals surface area (Å²) in [6.07, 6.45) is 4.55. The summed E-state index contributed by atoms with van der Waals surface area (Å²) in [4.78, 5) is 25.8. The number of nitrogens with one attached hydrogen (secondary N) is 1. The van der Waals surface area contributed by atoms with Gasteiger partial charge in [-0.1, -0.05) is 0 Å². The molecule has 19 heavy (non-hydrogen) atoms. The van der Waals surface area contributed by atoms with Crippen molar-refractivity contribution < 1.29 is 9.59 Å². The third-order valence-corrected chi connectivity index (χ3v) is 4.62. The maximum atomic E-state index is 11.8. The summed E-state index contributed by atoms with van der Waals surface area (Å²) in [7, 11) is 1.76. The number of amides is 2. The van der Waals surface area contributed by atoms with Gasteiger partial charge in [0.2, 0.25) is 11.8 Å². The summed E-state index contributed by atoms with van der Waals surface area (Å²) in [6.45, 7) is 0.586. The topological polar surface area (TPSA) is 49.4 Å². The highest BCUT2D eigenvalue weighted by atomic mass is 79.9. The monoisotopic (exact) mass is 342 g/mol. The summed E-state index contributed by atoms with van der Waals surface area (Å²) >= 11 is 4.94. The predicted octanol–water partition coefficient (Wildman–Crippen LogP) is 2.26. The Balaban J connectivity index is 1.84. The molecule has 1 aromatic rings. The van der Waals surface area contributed by atoms with Crippen molar-refractivity contribution in [3.8, 4) is 0 Å². The molecule has 102 valence electrons. The lowest BCUT2D eigenvalue weighted by Crippen LogP contribution is -2.48. The van der Waals surface area contributed by atoms with Gasteiger partial charge >= 0.3 is 0 Å². The van der Waals surface area contributed by atoms with Gasteiger partial charge in [-0.25, -0.2) is 0 Å². The molecular weight excluding hydrogens is 328 g/mol. The fourth-order valence-electron chi connectivity index (χ4n) is 1.95. The van der Waals surface area contributed by atoms with Crippen LogP contribution in [0.1, 0.15) is 17.7 Å². The van der Waals surface area contributed by atoms with Crippen molar-refractivity contribution in [3.05, 3.63) is 26.9 Å². The van der Waals surface area contributed by atoms with Gasteiger partial charge < -0.3 is 10.2 Å². The fraction of sp³-hybridized carbons (Fsp3) is 0.385. The van der Waals surface area contributed by atoms with Crippen LogP contribution < -0.4 is 5.32 Å². The van der Waals surface area contributed by atoms with Crippen LogP contribution in [-0.4, -0.2) is 36.3 Å². The number of carbonyl (C=O) groups excluding carboxylic acids is 2. The molecule has 2 heterocycles. The van der Waals surface area contributed by atoms with Gasteiger partial charge in [0, 0.05) is 46.9 Å². The van der Waals surface area contributed by atoms with Gasteiger partial charge in [-0.05, 0) is 34.5 Å². The first-order chi connectivity index (χ1) is 9.04. The van der Waals surface area contributed by atoms with E-state index >= 15 is 0 Å². The molecular formula is C13H15BrN2O2S. The largest absolute Gasteiger partial charge is 0.348 e. The summed E-state index contributed by atoms with van der Waals surface area (Å²) in [5.74, 6) is 0.0294. The molecule has 0 aromatic carbocycles. The molecule has 1 atom stereocenters. The van der Waals surface area contributed by atoms with E-state index in [4.69, 9.17) is 0 Å². The van der Waals surface area contributed by atoms with E-state index < -0.39 is 0 Å². The van der Waals surface area contributed by atoms with Crippen LogP contribution >= 0.6 is 27.3 Å². The number of rotatable bonds is 3. The Morgan fingerprint density at radius 3 is 3.05 bits per heavy atom. The number of likely N-dealkylation sites (tertiary alicyclic amines) is 1. The first kappa shape index (κ1) is 14.3. The predicted molar refractivity (Wildman–Crippen MR) is 79.9 cm³/mol. The molecule has 0 spiro atoms. The molecule has 6 heteroatoms. The van der Waals surface area contributed by atoms with Gasteiger partial charge in [-0.15, -0.1) is 11.3 Å². The quantitative estimate of drug-likeness (QED) is 0.856. The van der Waals surface area contributed by atoms with E-state index in [1.54, 1.807) is 29.4 Å². The van der Waals surface area contributed by atoms with Crippen molar-refractivity contribution in [1.29, 1.82) is 0 Å². The molecule has 2 amide bonds. The van der Waals surface area contributed by atoms with Crippen molar-refractivity contribution in [1.82, 2.24) is 10.2 Å². The zero-order chi connectivity index (χ0) is 13.8. The number of piperidine rings is 1. The second kappa shape index (κ2) is 6.34. The third kappa shape index (κ3) is 4.18. The van der Waals surface area contributed by atoms with Gasteiger partial charge in [0.05, 0.1) is 0 Å². The van der Waals surface area contributed by atoms with Crippen LogP contribution in [0.4, 0.5) is 0 Å². The minimum Gasteiger partial charge on any atom is -0.348 e. The average Bonchev–Trinajstić information content (AvgIpc) is 2.77. The van der Waals surface area contributed by atoms with Crippen molar-refractivity contribution in [2.24, 2.45) is 0 Å². The summed E-state index contributed by atoms with van der Waals surface area (Å²) in [6, 6.07) is 2.01. The lowest BCUT2D eigenvalue weighted by molar-refractivity contribution is -0.133. The van der Waals surface area contributed by atoms with Gasteiger partial charge in [-0.2, -0.15) is 0 Å². The smallest absolute Gasteiger partial charge is 0.244 e. The van der Waals surface area contributed by atoms with Gasteiger partial charge in [0.1, 0.15) is 0 Å². The zero-order valence-corrected chi connectivity index (χ0v) is 13.0. The lowest BCUT2D eigenvalue weighted by atomic mass is 10.1. The van der Waals surface area contributed by atoms with Crippen LogP contribution in [0.3, 0.4) is 0 Å². The van der Waals surface area contributed by atoms with Crippen molar-refractivity contribution >= 4 is 45.2 Å². The van der Waals surface area contributed by atoms with Crippen molar-refractivity contribution in [2.45, 2.75) is 18.9 Å². The maximum Gasteiger partial charge on any atom is 0.244 e. The molecule has 1 aromatic heterocycles. The Kier molecular flexibility index (Phi) is 4.76. The first-order valence-corrected chi connectivity index (χ1v) is 7.68. The number of carbonyl (C=O) groups is 2. The van der Waals surface area contributed by atoms with Gasteiger partial charge in [-0.3, -0.25) is 9.59 Å². The SMILES string of the molecule is CN1CC(NC(=O)/C=C/c2cc(Br)cs2)CCC1=O. The molecule has 1 saturated heterocycles. The molecule has 1 aliphatic rings. The molecule has 0 saturated carbocycles.